The molecule has 2 aromatic rings. The monoisotopic (exact) mass is 313 g/mol. The van der Waals surface area contributed by atoms with Crippen LogP contribution in [-0.2, 0) is 4.79 Å². The van der Waals surface area contributed by atoms with Gasteiger partial charge in [0.25, 0.3) is 0 Å². The van der Waals surface area contributed by atoms with Crippen LogP contribution in [0.25, 0.3) is 6.08 Å². The number of rotatable bonds is 6. The van der Waals surface area contributed by atoms with Crippen LogP contribution in [0, 0.1) is 12.7 Å². The molecule has 2 aromatic carbocycles. The largest absolute Gasteiger partial charge is 0.494 e. The van der Waals surface area contributed by atoms with Gasteiger partial charge in [0.15, 0.2) is 0 Å². The molecule has 4 heteroatoms. The third-order valence-corrected chi connectivity index (χ3v) is 3.23. The lowest BCUT2D eigenvalue weighted by Crippen LogP contribution is -2.09. The summed E-state index contributed by atoms with van der Waals surface area (Å²) in [5, 5.41) is 2.82. The van der Waals surface area contributed by atoms with E-state index in [-0.39, 0.29) is 11.7 Å². The van der Waals surface area contributed by atoms with Gasteiger partial charge in [-0.15, -0.1) is 0 Å². The molecule has 0 aliphatic carbocycles. The highest BCUT2D eigenvalue weighted by Crippen LogP contribution is 2.21. The first-order valence-corrected chi connectivity index (χ1v) is 7.56. The van der Waals surface area contributed by atoms with Crippen molar-refractivity contribution in [3.63, 3.8) is 0 Å². The van der Waals surface area contributed by atoms with E-state index in [0.717, 1.165) is 29.0 Å². The molecule has 0 radical (unpaired) electrons. The third-order valence-electron chi connectivity index (χ3n) is 3.23. The fourth-order valence-electron chi connectivity index (χ4n) is 2.01. The van der Waals surface area contributed by atoms with Crippen molar-refractivity contribution in [3.05, 3.63) is 65.5 Å². The van der Waals surface area contributed by atoms with Crippen molar-refractivity contribution in [2.45, 2.75) is 20.3 Å². The zero-order chi connectivity index (χ0) is 16.7. The first-order valence-electron chi connectivity index (χ1n) is 7.56. The van der Waals surface area contributed by atoms with E-state index in [1.54, 1.807) is 18.2 Å². The standard InChI is InChI=1S/C19H20FNO2/c1-3-12-23-17-9-10-18(14(2)13-17)21-19(22)11-6-15-4-7-16(20)8-5-15/h4-11,13H,3,12H2,1-2H3,(H,21,22). The van der Waals surface area contributed by atoms with E-state index >= 15 is 0 Å². The maximum absolute atomic E-state index is 12.8. The van der Waals surface area contributed by atoms with Crippen molar-refractivity contribution in [1.82, 2.24) is 0 Å². The first-order chi connectivity index (χ1) is 11.1. The van der Waals surface area contributed by atoms with Crippen LogP contribution in [0.3, 0.4) is 0 Å². The summed E-state index contributed by atoms with van der Waals surface area (Å²) in [7, 11) is 0. The van der Waals surface area contributed by atoms with E-state index in [1.807, 2.05) is 25.1 Å². The van der Waals surface area contributed by atoms with Gasteiger partial charge in [-0.1, -0.05) is 19.1 Å². The van der Waals surface area contributed by atoms with Crippen molar-refractivity contribution in [2.24, 2.45) is 0 Å². The van der Waals surface area contributed by atoms with Crippen LogP contribution in [0.15, 0.2) is 48.5 Å². The molecule has 0 aliphatic heterocycles. The third kappa shape index (κ3) is 5.25. The van der Waals surface area contributed by atoms with Crippen molar-refractivity contribution >= 4 is 17.7 Å². The number of anilines is 1. The van der Waals surface area contributed by atoms with Crippen molar-refractivity contribution in [2.75, 3.05) is 11.9 Å². The molecule has 1 amide bonds. The summed E-state index contributed by atoms with van der Waals surface area (Å²) in [6.07, 6.45) is 4.02. The number of ether oxygens (including phenoxy) is 1. The normalized spacial score (nSPS) is 10.7. The van der Waals surface area contributed by atoms with Crippen LogP contribution in [0.5, 0.6) is 5.75 Å². The minimum absolute atomic E-state index is 0.236. The lowest BCUT2D eigenvalue weighted by atomic mass is 10.2. The molecule has 0 atom stereocenters. The minimum Gasteiger partial charge on any atom is -0.494 e. The second-order valence-electron chi connectivity index (χ2n) is 5.20. The zero-order valence-corrected chi connectivity index (χ0v) is 13.3. The topological polar surface area (TPSA) is 38.3 Å². The second-order valence-corrected chi connectivity index (χ2v) is 5.20. The molecule has 0 fully saturated rings. The molecule has 2 rings (SSSR count). The number of aryl methyl sites for hydroxylation is 1. The van der Waals surface area contributed by atoms with E-state index in [9.17, 15) is 9.18 Å². The predicted octanol–water partition coefficient (Wildman–Crippen LogP) is 4.57. The number of hydrogen-bond donors (Lipinski definition) is 1. The second kappa shape index (κ2) is 8.13. The lowest BCUT2D eigenvalue weighted by Gasteiger charge is -2.10. The Labute approximate surface area is 135 Å². The van der Waals surface area contributed by atoms with Gasteiger partial charge >= 0.3 is 0 Å². The molecular formula is C19H20FNO2. The summed E-state index contributed by atoms with van der Waals surface area (Å²) >= 11 is 0. The summed E-state index contributed by atoms with van der Waals surface area (Å²) in [6, 6.07) is 11.5. The van der Waals surface area contributed by atoms with Gasteiger partial charge in [-0.05, 0) is 60.9 Å². The molecule has 0 heterocycles. The number of halogens is 1. The summed E-state index contributed by atoms with van der Waals surface area (Å²) in [5.74, 6) is 0.261. The van der Waals surface area contributed by atoms with E-state index in [2.05, 4.69) is 12.2 Å². The fourth-order valence-corrected chi connectivity index (χ4v) is 2.01. The number of carbonyl (C=O) groups is 1. The van der Waals surface area contributed by atoms with Gasteiger partial charge in [0, 0.05) is 11.8 Å². The van der Waals surface area contributed by atoms with Crippen LogP contribution < -0.4 is 10.1 Å². The van der Waals surface area contributed by atoms with Gasteiger partial charge in [-0.3, -0.25) is 4.79 Å². The van der Waals surface area contributed by atoms with Gasteiger partial charge in [-0.2, -0.15) is 0 Å². The van der Waals surface area contributed by atoms with Crippen LogP contribution in [-0.4, -0.2) is 12.5 Å². The molecule has 3 nitrogen and oxygen atoms in total. The average molecular weight is 313 g/mol. The van der Waals surface area contributed by atoms with Gasteiger partial charge < -0.3 is 10.1 Å². The Morgan fingerprint density at radius 2 is 1.96 bits per heavy atom. The Kier molecular flexibility index (Phi) is 5.92. The fraction of sp³-hybridized carbons (Fsp3) is 0.211. The summed E-state index contributed by atoms with van der Waals surface area (Å²) in [6.45, 7) is 4.64. The average Bonchev–Trinajstić information content (AvgIpc) is 2.54. The first kappa shape index (κ1) is 16.7. The molecule has 0 aliphatic rings. The van der Waals surface area contributed by atoms with Crippen molar-refractivity contribution in [1.29, 1.82) is 0 Å². The van der Waals surface area contributed by atoms with Crippen LogP contribution >= 0.6 is 0 Å². The highest BCUT2D eigenvalue weighted by Gasteiger charge is 2.03. The SMILES string of the molecule is CCCOc1ccc(NC(=O)C=Cc2ccc(F)cc2)c(C)c1. The molecule has 1 N–H and O–H groups in total. The Morgan fingerprint density at radius 1 is 1.22 bits per heavy atom. The van der Waals surface area contributed by atoms with E-state index < -0.39 is 0 Å². The highest BCUT2D eigenvalue weighted by molar-refractivity contribution is 6.02. The molecule has 0 spiro atoms. The maximum atomic E-state index is 12.8. The van der Waals surface area contributed by atoms with Crippen LogP contribution in [0.4, 0.5) is 10.1 Å². The maximum Gasteiger partial charge on any atom is 0.248 e. The van der Waals surface area contributed by atoms with Gasteiger partial charge in [-0.25, -0.2) is 4.39 Å². The van der Waals surface area contributed by atoms with Gasteiger partial charge in [0.1, 0.15) is 11.6 Å². The summed E-state index contributed by atoms with van der Waals surface area (Å²) < 4.78 is 18.4. The Hall–Kier alpha value is -2.62. The predicted molar refractivity (Wildman–Crippen MR) is 91.0 cm³/mol. The number of amides is 1. The van der Waals surface area contributed by atoms with E-state index in [4.69, 9.17) is 4.74 Å². The Morgan fingerprint density at radius 3 is 2.61 bits per heavy atom. The number of carbonyl (C=O) groups excluding carboxylic acids is 1. The van der Waals surface area contributed by atoms with Crippen LogP contribution in [0.1, 0.15) is 24.5 Å². The van der Waals surface area contributed by atoms with E-state index in [1.165, 1.54) is 18.2 Å². The molecule has 0 aromatic heterocycles. The molecule has 0 bridgehead atoms. The van der Waals surface area contributed by atoms with E-state index in [0.29, 0.717) is 6.61 Å². The molecule has 0 saturated carbocycles. The highest BCUT2D eigenvalue weighted by atomic mass is 19.1. The number of nitrogens with one attached hydrogen (secondary N) is 1. The molecule has 0 unspecified atom stereocenters. The van der Waals surface area contributed by atoms with Gasteiger partial charge in [0.05, 0.1) is 6.61 Å². The quantitative estimate of drug-likeness (QED) is 0.793. The summed E-state index contributed by atoms with van der Waals surface area (Å²) in [5.41, 5.74) is 2.44. The van der Waals surface area contributed by atoms with Crippen molar-refractivity contribution in [3.8, 4) is 5.75 Å². The molecular weight excluding hydrogens is 293 g/mol. The number of benzene rings is 2. The molecule has 0 saturated heterocycles. The lowest BCUT2D eigenvalue weighted by molar-refractivity contribution is -0.111. The zero-order valence-electron chi connectivity index (χ0n) is 13.3. The van der Waals surface area contributed by atoms with Crippen LogP contribution in [0.2, 0.25) is 0 Å². The number of hydrogen-bond acceptors (Lipinski definition) is 2. The smallest absolute Gasteiger partial charge is 0.248 e. The minimum atomic E-state index is -0.299. The Bertz CT molecular complexity index is 693. The molecule has 120 valence electrons. The van der Waals surface area contributed by atoms with Crippen molar-refractivity contribution < 1.29 is 13.9 Å². The van der Waals surface area contributed by atoms with Gasteiger partial charge in [0.2, 0.25) is 5.91 Å². The Balaban J connectivity index is 1.98. The summed E-state index contributed by atoms with van der Waals surface area (Å²) in [4.78, 5) is 12.0. The molecule has 23 heavy (non-hydrogen) atoms.